The largest absolute Gasteiger partial charge is 0.417 e. The van der Waals surface area contributed by atoms with E-state index in [0.29, 0.717) is 11.5 Å². The molecule has 0 saturated heterocycles. The van der Waals surface area contributed by atoms with Crippen molar-refractivity contribution in [3.8, 4) is 0 Å². The summed E-state index contributed by atoms with van der Waals surface area (Å²) in [6, 6.07) is 17.2. The second kappa shape index (κ2) is 7.65. The Morgan fingerprint density at radius 2 is 1.58 bits per heavy atom. The first-order chi connectivity index (χ1) is 15.8. The lowest BCUT2D eigenvalue weighted by Crippen LogP contribution is -2.36. The highest BCUT2D eigenvalue weighted by Crippen LogP contribution is 2.53. The van der Waals surface area contributed by atoms with Crippen LogP contribution in [0.15, 0.2) is 72.9 Å². The van der Waals surface area contributed by atoms with Gasteiger partial charge in [0.15, 0.2) is 5.82 Å². The number of fused-ring (bicyclic) bond motifs is 5. The van der Waals surface area contributed by atoms with Gasteiger partial charge in [0.05, 0.1) is 11.3 Å². The summed E-state index contributed by atoms with van der Waals surface area (Å²) in [5.41, 5.74) is 3.59. The van der Waals surface area contributed by atoms with E-state index in [4.69, 9.17) is 0 Å². The number of aryl methyl sites for hydroxylation is 1. The number of allylic oxidation sites excluding steroid dienone is 1. The van der Waals surface area contributed by atoms with E-state index < -0.39 is 11.7 Å². The Kier molecular flexibility index (Phi) is 5.00. The van der Waals surface area contributed by atoms with Crippen LogP contribution in [0, 0.1) is 6.92 Å². The molecule has 0 saturated carbocycles. The lowest BCUT2D eigenvalue weighted by molar-refractivity contribution is -0.137. The van der Waals surface area contributed by atoms with Crippen molar-refractivity contribution < 1.29 is 13.2 Å². The summed E-state index contributed by atoms with van der Waals surface area (Å²) in [5.74, 6) is 0.538. The van der Waals surface area contributed by atoms with Crippen LogP contribution in [0.25, 0.3) is 0 Å². The highest BCUT2D eigenvalue weighted by Gasteiger charge is 2.44. The molecule has 3 nitrogen and oxygen atoms in total. The Morgan fingerprint density at radius 3 is 2.24 bits per heavy atom. The van der Waals surface area contributed by atoms with Gasteiger partial charge in [0.25, 0.3) is 0 Å². The van der Waals surface area contributed by atoms with Crippen molar-refractivity contribution in [1.29, 1.82) is 0 Å². The van der Waals surface area contributed by atoms with Crippen LogP contribution in [0.1, 0.15) is 43.4 Å². The van der Waals surface area contributed by atoms with Crippen molar-refractivity contribution >= 4 is 22.9 Å². The number of pyridine rings is 1. The third-order valence-electron chi connectivity index (χ3n) is 7.12. The average Bonchev–Trinajstić information content (AvgIpc) is 3.05. The van der Waals surface area contributed by atoms with E-state index in [0.717, 1.165) is 36.0 Å². The van der Waals surface area contributed by atoms with Crippen LogP contribution < -0.4 is 9.80 Å². The molecular formula is C27H26F3N3. The Balaban J connectivity index is 1.81. The smallest absolute Gasteiger partial charge is 0.313 e. The molecule has 0 bridgehead atoms. The second-order valence-electron chi connectivity index (χ2n) is 8.74. The summed E-state index contributed by atoms with van der Waals surface area (Å²) < 4.78 is 40.9. The lowest BCUT2D eigenvalue weighted by atomic mass is 9.75. The van der Waals surface area contributed by atoms with Crippen LogP contribution >= 0.6 is 0 Å². The monoisotopic (exact) mass is 449 g/mol. The number of aromatic nitrogens is 1. The molecule has 0 spiro atoms. The number of benzene rings is 2. The fourth-order valence-corrected chi connectivity index (χ4v) is 5.21. The van der Waals surface area contributed by atoms with E-state index in [-0.39, 0.29) is 11.6 Å². The molecule has 6 heteroatoms. The highest BCUT2D eigenvalue weighted by atomic mass is 19.4. The predicted molar refractivity (Wildman–Crippen MR) is 126 cm³/mol. The number of anilines is 4. The molecule has 3 aromatic rings. The topological polar surface area (TPSA) is 19.4 Å². The quantitative estimate of drug-likeness (QED) is 0.383. The first kappa shape index (κ1) is 21.6. The van der Waals surface area contributed by atoms with E-state index in [9.17, 15) is 13.2 Å². The van der Waals surface area contributed by atoms with Gasteiger partial charge in [-0.05, 0) is 55.2 Å². The highest BCUT2D eigenvalue weighted by molar-refractivity contribution is 5.89. The minimum absolute atomic E-state index is 0.148. The van der Waals surface area contributed by atoms with E-state index in [1.54, 1.807) is 0 Å². The van der Waals surface area contributed by atoms with Crippen LogP contribution in [0.3, 0.4) is 0 Å². The lowest BCUT2D eigenvalue weighted by Gasteiger charge is -2.33. The molecule has 1 unspecified atom stereocenters. The van der Waals surface area contributed by atoms with Gasteiger partial charge in [0.2, 0.25) is 0 Å². The minimum atomic E-state index is -4.47. The number of para-hydroxylation sites is 2. The van der Waals surface area contributed by atoms with Gasteiger partial charge in [-0.3, -0.25) is 4.90 Å². The zero-order chi connectivity index (χ0) is 23.4. The SMILES string of the molecule is CCC1(CC)C=CC2N(c3ccccc3C)c3cc(C(F)(F)F)cnc3N2c2ccccc21. The molecule has 5 rings (SSSR count). The molecule has 2 aromatic carbocycles. The normalized spacial score (nSPS) is 18.5. The molecular weight excluding hydrogens is 423 g/mol. The Bertz CT molecular complexity index is 1230. The molecule has 0 fully saturated rings. The molecule has 170 valence electrons. The molecule has 0 amide bonds. The van der Waals surface area contributed by atoms with Gasteiger partial charge < -0.3 is 4.90 Å². The van der Waals surface area contributed by atoms with Crippen LogP contribution in [0.2, 0.25) is 0 Å². The van der Waals surface area contributed by atoms with Crippen molar-refractivity contribution in [3.05, 3.63) is 89.6 Å². The molecule has 1 aromatic heterocycles. The third-order valence-corrected chi connectivity index (χ3v) is 7.12. The maximum absolute atomic E-state index is 13.6. The number of halogens is 3. The molecule has 3 heterocycles. The summed E-state index contributed by atoms with van der Waals surface area (Å²) in [7, 11) is 0. The maximum Gasteiger partial charge on any atom is 0.417 e. The fourth-order valence-electron chi connectivity index (χ4n) is 5.21. The number of nitrogens with zero attached hydrogens (tertiary/aromatic N) is 3. The van der Waals surface area contributed by atoms with Gasteiger partial charge in [0, 0.05) is 23.0 Å². The van der Waals surface area contributed by atoms with Crippen molar-refractivity contribution in [3.63, 3.8) is 0 Å². The first-order valence-electron chi connectivity index (χ1n) is 11.3. The van der Waals surface area contributed by atoms with Gasteiger partial charge in [-0.25, -0.2) is 4.98 Å². The van der Waals surface area contributed by atoms with Gasteiger partial charge in [-0.1, -0.05) is 56.3 Å². The number of rotatable bonds is 3. The van der Waals surface area contributed by atoms with Gasteiger partial charge in [-0.2, -0.15) is 13.2 Å². The van der Waals surface area contributed by atoms with Crippen LogP contribution in [0.5, 0.6) is 0 Å². The summed E-state index contributed by atoms with van der Waals surface area (Å²) in [6.07, 6.45) is 2.39. The summed E-state index contributed by atoms with van der Waals surface area (Å²) in [5, 5.41) is 0. The standard InChI is InChI=1S/C27H26F3N3/c1-4-26(5-2)15-14-24-32(21-12-8-6-10-18(21)3)23-16-19(27(28,29)30)17-31-25(23)33(24)22-13-9-7-11-20(22)26/h6-17,24H,4-5H2,1-3H3. The first-order valence-corrected chi connectivity index (χ1v) is 11.3. The molecule has 0 N–H and O–H groups in total. The average molecular weight is 450 g/mol. The number of alkyl halides is 3. The van der Waals surface area contributed by atoms with Crippen molar-refractivity contribution in [2.75, 3.05) is 9.80 Å². The fraction of sp³-hybridized carbons (Fsp3) is 0.296. The summed E-state index contributed by atoms with van der Waals surface area (Å²) in [6.45, 7) is 6.35. The van der Waals surface area contributed by atoms with Crippen molar-refractivity contribution in [2.24, 2.45) is 0 Å². The Hall–Kier alpha value is -3.28. The Labute approximate surface area is 192 Å². The van der Waals surface area contributed by atoms with Gasteiger partial charge in [-0.15, -0.1) is 0 Å². The number of hydrogen-bond acceptors (Lipinski definition) is 3. The summed E-state index contributed by atoms with van der Waals surface area (Å²) >= 11 is 0. The second-order valence-corrected chi connectivity index (χ2v) is 8.74. The third kappa shape index (κ3) is 3.23. The molecule has 2 aliphatic heterocycles. The minimum Gasteiger partial charge on any atom is -0.313 e. The van der Waals surface area contributed by atoms with E-state index in [1.165, 1.54) is 11.6 Å². The molecule has 33 heavy (non-hydrogen) atoms. The summed E-state index contributed by atoms with van der Waals surface area (Å²) in [4.78, 5) is 8.46. The van der Waals surface area contributed by atoms with Crippen LogP contribution in [-0.4, -0.2) is 11.1 Å². The zero-order valence-corrected chi connectivity index (χ0v) is 18.9. The van der Waals surface area contributed by atoms with Crippen molar-refractivity contribution in [2.45, 2.75) is 51.4 Å². The maximum atomic E-state index is 13.6. The van der Waals surface area contributed by atoms with Gasteiger partial charge in [0.1, 0.15) is 6.17 Å². The zero-order valence-electron chi connectivity index (χ0n) is 18.9. The van der Waals surface area contributed by atoms with Crippen molar-refractivity contribution in [1.82, 2.24) is 4.98 Å². The molecule has 2 aliphatic rings. The predicted octanol–water partition coefficient (Wildman–Crippen LogP) is 7.65. The molecule has 0 aliphatic carbocycles. The van der Waals surface area contributed by atoms with Gasteiger partial charge >= 0.3 is 6.18 Å². The Morgan fingerprint density at radius 1 is 0.909 bits per heavy atom. The van der Waals surface area contributed by atoms with E-state index in [2.05, 4.69) is 48.0 Å². The van der Waals surface area contributed by atoms with E-state index >= 15 is 0 Å². The molecule has 0 radical (unpaired) electrons. The van der Waals surface area contributed by atoms with E-state index in [1.807, 2.05) is 48.2 Å². The van der Waals surface area contributed by atoms with Crippen LogP contribution in [0.4, 0.5) is 36.1 Å². The molecule has 1 atom stereocenters. The van der Waals surface area contributed by atoms with Crippen LogP contribution in [-0.2, 0) is 11.6 Å². The number of hydrogen-bond donors (Lipinski definition) is 0.